The topological polar surface area (TPSA) is 84.9 Å². The molecule has 3 rings (SSSR count). The van der Waals surface area contributed by atoms with Gasteiger partial charge in [0, 0.05) is 17.3 Å². The van der Waals surface area contributed by atoms with E-state index in [0.29, 0.717) is 34.0 Å². The molecule has 0 aliphatic carbocycles. The summed E-state index contributed by atoms with van der Waals surface area (Å²) in [5.41, 5.74) is 3.74. The van der Waals surface area contributed by atoms with Crippen molar-refractivity contribution in [3.63, 3.8) is 0 Å². The molecule has 1 aliphatic rings. The molecule has 0 atom stereocenters. The highest BCUT2D eigenvalue weighted by molar-refractivity contribution is 7.97. The summed E-state index contributed by atoms with van der Waals surface area (Å²) in [4.78, 5) is 12.9. The lowest BCUT2D eigenvalue weighted by molar-refractivity contribution is -0.112. The maximum Gasteiger partial charge on any atom is 0.270 e. The zero-order valence-electron chi connectivity index (χ0n) is 18.3. The Morgan fingerprint density at radius 2 is 1.74 bits per heavy atom. The van der Waals surface area contributed by atoms with Gasteiger partial charge < -0.3 is 14.8 Å². The van der Waals surface area contributed by atoms with Crippen LogP contribution in [0.4, 0.5) is 11.4 Å². The van der Waals surface area contributed by atoms with Crippen molar-refractivity contribution in [2.75, 3.05) is 30.4 Å². The summed E-state index contributed by atoms with van der Waals surface area (Å²) in [5, 5.41) is 2.75. The lowest BCUT2D eigenvalue weighted by Gasteiger charge is -2.32. The molecule has 0 saturated heterocycles. The van der Waals surface area contributed by atoms with Crippen molar-refractivity contribution >= 4 is 32.9 Å². The summed E-state index contributed by atoms with van der Waals surface area (Å²) < 4.78 is 38.9. The Morgan fingerprint density at radius 1 is 1.10 bits per heavy atom. The number of benzene rings is 2. The molecule has 0 saturated carbocycles. The van der Waals surface area contributed by atoms with Crippen LogP contribution in [-0.2, 0) is 14.8 Å². The fourth-order valence-electron chi connectivity index (χ4n) is 3.66. The second kappa shape index (κ2) is 8.47. The molecular formula is C23H26N2O5S. The van der Waals surface area contributed by atoms with Gasteiger partial charge in [-0.2, -0.15) is 0 Å². The number of nitrogens with zero attached hydrogens (tertiary/aromatic N) is 1. The Kier molecular flexibility index (Phi) is 6.13. The molecule has 164 valence electrons. The van der Waals surface area contributed by atoms with Gasteiger partial charge in [0.1, 0.15) is 0 Å². The highest BCUT2D eigenvalue weighted by Gasteiger charge is 2.40. The number of allylic oxidation sites excluding steroid dienone is 1. The molecular weight excluding hydrogens is 416 g/mol. The van der Waals surface area contributed by atoms with Gasteiger partial charge in [-0.25, -0.2) is 8.42 Å². The number of carbonyl (C=O) groups is 1. The van der Waals surface area contributed by atoms with Gasteiger partial charge in [-0.05, 0) is 44.0 Å². The van der Waals surface area contributed by atoms with Crippen molar-refractivity contribution < 1.29 is 22.7 Å². The average molecular weight is 443 g/mol. The molecule has 2 aromatic rings. The number of methoxy groups -OCH3 is 2. The zero-order chi connectivity index (χ0) is 22.9. The van der Waals surface area contributed by atoms with Crippen molar-refractivity contribution in [2.24, 2.45) is 0 Å². The molecule has 8 heteroatoms. The van der Waals surface area contributed by atoms with E-state index in [1.165, 1.54) is 20.3 Å². The number of hydrogen-bond acceptors (Lipinski definition) is 5. The third kappa shape index (κ3) is 3.90. The van der Waals surface area contributed by atoms with Crippen molar-refractivity contribution in [1.82, 2.24) is 0 Å². The van der Waals surface area contributed by atoms with Crippen LogP contribution >= 0.6 is 0 Å². The maximum atomic E-state index is 13.5. The molecule has 0 aromatic heterocycles. The van der Waals surface area contributed by atoms with Crippen LogP contribution in [0.3, 0.4) is 0 Å². The van der Waals surface area contributed by atoms with Gasteiger partial charge in [0.2, 0.25) is 0 Å². The van der Waals surface area contributed by atoms with E-state index in [4.69, 9.17) is 9.47 Å². The van der Waals surface area contributed by atoms with Crippen molar-refractivity contribution in [1.29, 1.82) is 0 Å². The normalized spacial score (nSPS) is 14.7. The number of sulfonamides is 1. The number of rotatable bonds is 6. The lowest BCUT2D eigenvalue weighted by Crippen LogP contribution is -2.39. The summed E-state index contributed by atoms with van der Waals surface area (Å²) in [6.07, 6.45) is 1.47. The van der Waals surface area contributed by atoms with Crippen LogP contribution in [0, 0.1) is 13.8 Å². The van der Waals surface area contributed by atoms with E-state index >= 15 is 0 Å². The number of ether oxygens (including phenoxy) is 2. The molecule has 0 radical (unpaired) electrons. The van der Waals surface area contributed by atoms with Crippen molar-refractivity contribution in [2.45, 2.75) is 20.8 Å². The third-order valence-electron chi connectivity index (χ3n) is 5.19. The van der Waals surface area contributed by atoms with E-state index in [2.05, 4.69) is 11.9 Å². The molecule has 1 heterocycles. The van der Waals surface area contributed by atoms with Crippen LogP contribution in [0.15, 0.2) is 47.9 Å². The highest BCUT2D eigenvalue weighted by Crippen LogP contribution is 2.45. The minimum absolute atomic E-state index is 0.00155. The number of hydrogen-bond donors (Lipinski definition) is 1. The SMILES string of the molecule is C=CCN1c2cc(OC)c(OC)cc2C(C)=C(C(=O)Nc2ccc(C)cc2C)S1(=O)=O. The lowest BCUT2D eigenvalue weighted by atomic mass is 10.0. The fourth-order valence-corrected chi connectivity index (χ4v) is 5.38. The van der Waals surface area contributed by atoms with Gasteiger partial charge in [0.05, 0.1) is 26.5 Å². The second-order valence-corrected chi connectivity index (χ2v) is 9.07. The number of amides is 1. The molecule has 1 amide bonds. The number of anilines is 2. The van der Waals surface area contributed by atoms with E-state index in [-0.39, 0.29) is 11.4 Å². The van der Waals surface area contributed by atoms with Crippen LogP contribution in [-0.4, -0.2) is 35.1 Å². The van der Waals surface area contributed by atoms with Gasteiger partial charge in [0.15, 0.2) is 16.4 Å². The van der Waals surface area contributed by atoms with Crippen LogP contribution in [0.2, 0.25) is 0 Å². The predicted molar refractivity (Wildman–Crippen MR) is 123 cm³/mol. The Morgan fingerprint density at radius 3 is 2.32 bits per heavy atom. The summed E-state index contributed by atoms with van der Waals surface area (Å²) in [5.74, 6) is 0.132. The fraction of sp³-hybridized carbons (Fsp3) is 0.261. The van der Waals surface area contributed by atoms with E-state index < -0.39 is 15.9 Å². The van der Waals surface area contributed by atoms with Crippen LogP contribution in [0.25, 0.3) is 5.57 Å². The molecule has 1 N–H and O–H groups in total. The molecule has 0 spiro atoms. The van der Waals surface area contributed by atoms with Crippen LogP contribution in [0.1, 0.15) is 23.6 Å². The first-order valence-electron chi connectivity index (χ1n) is 9.65. The molecule has 31 heavy (non-hydrogen) atoms. The maximum absolute atomic E-state index is 13.5. The number of carbonyl (C=O) groups excluding carboxylic acids is 1. The minimum atomic E-state index is -4.14. The quantitative estimate of drug-likeness (QED) is 0.683. The van der Waals surface area contributed by atoms with Gasteiger partial charge in [-0.3, -0.25) is 9.10 Å². The van der Waals surface area contributed by atoms with E-state index in [1.807, 2.05) is 26.0 Å². The monoisotopic (exact) mass is 442 g/mol. The van der Waals surface area contributed by atoms with Gasteiger partial charge in [0.25, 0.3) is 15.9 Å². The standard InChI is InChI=1S/C23H26N2O5S/c1-7-10-25-19-13-21(30-6)20(29-5)12-17(19)16(4)22(31(25,27)28)23(26)24-18-9-8-14(2)11-15(18)3/h7-9,11-13H,1,10H2,2-6H3,(H,24,26). The molecule has 0 fully saturated rings. The van der Waals surface area contributed by atoms with Crippen molar-refractivity contribution in [3.8, 4) is 11.5 Å². The number of aryl methyl sites for hydroxylation is 2. The summed E-state index contributed by atoms with van der Waals surface area (Å²) in [6.45, 7) is 9.09. The van der Waals surface area contributed by atoms with Crippen LogP contribution in [0.5, 0.6) is 11.5 Å². The first-order valence-corrected chi connectivity index (χ1v) is 11.1. The molecule has 0 unspecified atom stereocenters. The second-order valence-electron chi connectivity index (χ2n) is 7.28. The molecule has 1 aliphatic heterocycles. The van der Waals surface area contributed by atoms with Crippen molar-refractivity contribution in [3.05, 3.63) is 64.6 Å². The van der Waals surface area contributed by atoms with Gasteiger partial charge in [-0.15, -0.1) is 6.58 Å². The summed E-state index contributed by atoms with van der Waals surface area (Å²) >= 11 is 0. The minimum Gasteiger partial charge on any atom is -0.493 e. The first-order chi connectivity index (χ1) is 14.6. The van der Waals surface area contributed by atoms with Crippen LogP contribution < -0.4 is 19.1 Å². The highest BCUT2D eigenvalue weighted by atomic mass is 32.2. The molecule has 0 bridgehead atoms. The zero-order valence-corrected chi connectivity index (χ0v) is 19.1. The molecule has 2 aromatic carbocycles. The Hall–Kier alpha value is -3.26. The molecule has 7 nitrogen and oxygen atoms in total. The van der Waals surface area contributed by atoms with E-state index in [1.54, 1.807) is 25.1 Å². The first kappa shape index (κ1) is 22.4. The largest absolute Gasteiger partial charge is 0.493 e. The smallest absolute Gasteiger partial charge is 0.270 e. The average Bonchev–Trinajstić information content (AvgIpc) is 2.72. The Labute approximate surface area is 183 Å². The third-order valence-corrected chi connectivity index (χ3v) is 7.13. The summed E-state index contributed by atoms with van der Waals surface area (Å²) in [7, 11) is -1.17. The predicted octanol–water partition coefficient (Wildman–Crippen LogP) is 4.03. The Bertz CT molecular complexity index is 1200. The Balaban J connectivity index is 2.20. The number of nitrogens with one attached hydrogen (secondary N) is 1. The number of fused-ring (bicyclic) bond motifs is 1. The van der Waals surface area contributed by atoms with E-state index in [0.717, 1.165) is 15.4 Å². The van der Waals surface area contributed by atoms with Gasteiger partial charge in [-0.1, -0.05) is 23.8 Å². The van der Waals surface area contributed by atoms with Gasteiger partial charge >= 0.3 is 0 Å². The van der Waals surface area contributed by atoms with E-state index in [9.17, 15) is 13.2 Å². The summed E-state index contributed by atoms with van der Waals surface area (Å²) in [6, 6.07) is 8.81.